The maximum absolute atomic E-state index is 15.0. The van der Waals surface area contributed by atoms with E-state index in [0.717, 1.165) is 48.2 Å². The predicted octanol–water partition coefficient (Wildman–Crippen LogP) is 6.13. The second-order valence-corrected chi connectivity index (χ2v) is 11.3. The molecule has 4 nitrogen and oxygen atoms in total. The first-order valence-electron chi connectivity index (χ1n) is 12.7. The van der Waals surface area contributed by atoms with Crippen molar-refractivity contribution < 1.29 is 8.78 Å². The lowest BCUT2D eigenvalue weighted by Crippen LogP contribution is -2.47. The Kier molecular flexibility index (Phi) is 5.49. The number of hydrogen-bond acceptors (Lipinski definition) is 2. The first kappa shape index (κ1) is 22.7. The minimum Gasteiger partial charge on any atom is -0.357 e. The fourth-order valence-electron chi connectivity index (χ4n) is 6.16. The number of H-pyrrole nitrogens is 2. The van der Waals surface area contributed by atoms with Crippen LogP contribution >= 0.6 is 0 Å². The lowest BCUT2D eigenvalue weighted by atomic mass is 9.87. The van der Waals surface area contributed by atoms with E-state index in [1.165, 1.54) is 22.2 Å². The van der Waals surface area contributed by atoms with E-state index >= 15 is 4.39 Å². The summed E-state index contributed by atoms with van der Waals surface area (Å²) in [6.45, 7) is 8.17. The van der Waals surface area contributed by atoms with Crippen LogP contribution in [0.15, 0.2) is 48.5 Å². The minimum atomic E-state index is -1.30. The highest BCUT2D eigenvalue weighted by Gasteiger charge is 2.38. The van der Waals surface area contributed by atoms with Crippen molar-refractivity contribution in [3.63, 3.8) is 0 Å². The zero-order valence-electron chi connectivity index (χ0n) is 20.7. The van der Waals surface area contributed by atoms with Crippen LogP contribution in [-0.4, -0.2) is 57.8 Å². The van der Waals surface area contributed by atoms with Crippen molar-refractivity contribution in [2.75, 3.05) is 26.3 Å². The molecule has 2 aromatic carbocycles. The summed E-state index contributed by atoms with van der Waals surface area (Å²) in [5.74, 6) is 0.190. The molecular formula is C29H34F2N4. The third-order valence-electron chi connectivity index (χ3n) is 7.74. The number of hydrogen-bond donors (Lipinski definition) is 2. The van der Waals surface area contributed by atoms with Crippen molar-refractivity contribution >= 4 is 21.8 Å². The Morgan fingerprint density at radius 2 is 1.83 bits per heavy atom. The SMILES string of the molecule is C[C@@H]1Cc2c([nH]c3ccccc23)[C@@H](c2ccc3[nH]c(CN4CC(CF)C4)cc3c2)N1CC(C)(C)F. The van der Waals surface area contributed by atoms with Gasteiger partial charge in [0.25, 0.3) is 0 Å². The molecule has 0 unspecified atom stereocenters. The number of aromatic amines is 2. The van der Waals surface area contributed by atoms with E-state index in [4.69, 9.17) is 0 Å². The zero-order chi connectivity index (χ0) is 24.3. The Bertz CT molecular complexity index is 1360. The van der Waals surface area contributed by atoms with Gasteiger partial charge in [0.1, 0.15) is 5.67 Å². The first-order valence-corrected chi connectivity index (χ1v) is 12.7. The standard InChI is InChI=1S/C29H34F2N4/c1-18-10-24-23-6-4-5-7-26(23)33-27(24)28(35(18)17-29(2,3)31)20-8-9-25-21(11-20)12-22(32-25)16-34-14-19(13-30)15-34/h4-9,11-12,18-19,28,32-33H,10,13-17H2,1-3H3/t18-,28-/m1/s1. The van der Waals surface area contributed by atoms with E-state index in [1.54, 1.807) is 13.8 Å². The van der Waals surface area contributed by atoms with Crippen LogP contribution in [-0.2, 0) is 13.0 Å². The molecule has 2 aromatic heterocycles. The Labute approximate surface area is 205 Å². The Morgan fingerprint density at radius 3 is 2.60 bits per heavy atom. The number of likely N-dealkylation sites (tertiary alicyclic amines) is 1. The van der Waals surface area contributed by atoms with Crippen molar-refractivity contribution in [3.8, 4) is 0 Å². The van der Waals surface area contributed by atoms with E-state index in [2.05, 4.69) is 75.2 Å². The number of para-hydroxylation sites is 1. The van der Waals surface area contributed by atoms with Gasteiger partial charge in [-0.2, -0.15) is 0 Å². The van der Waals surface area contributed by atoms with Gasteiger partial charge in [-0.1, -0.05) is 24.3 Å². The largest absolute Gasteiger partial charge is 0.357 e. The molecule has 0 saturated carbocycles. The van der Waals surface area contributed by atoms with Gasteiger partial charge >= 0.3 is 0 Å². The highest BCUT2D eigenvalue weighted by molar-refractivity contribution is 5.86. The lowest BCUT2D eigenvalue weighted by Gasteiger charge is -2.43. The molecule has 6 rings (SSSR count). The second kappa shape index (κ2) is 8.45. The molecule has 0 amide bonds. The molecule has 4 heterocycles. The topological polar surface area (TPSA) is 38.1 Å². The lowest BCUT2D eigenvalue weighted by molar-refractivity contribution is 0.0668. The van der Waals surface area contributed by atoms with Gasteiger partial charge in [0.15, 0.2) is 0 Å². The Morgan fingerprint density at radius 1 is 1.03 bits per heavy atom. The number of rotatable bonds is 6. The summed E-state index contributed by atoms with van der Waals surface area (Å²) >= 11 is 0. The summed E-state index contributed by atoms with van der Waals surface area (Å²) in [6, 6.07) is 17.4. The van der Waals surface area contributed by atoms with Crippen LogP contribution in [0, 0.1) is 5.92 Å². The summed E-state index contributed by atoms with van der Waals surface area (Å²) in [4.78, 5) is 11.8. The second-order valence-electron chi connectivity index (χ2n) is 11.3. The molecular weight excluding hydrogens is 442 g/mol. The molecule has 4 aromatic rings. The summed E-state index contributed by atoms with van der Waals surface area (Å²) in [5, 5.41) is 2.43. The molecule has 1 saturated heterocycles. The van der Waals surface area contributed by atoms with E-state index in [-0.39, 0.29) is 24.7 Å². The quantitative estimate of drug-likeness (QED) is 0.351. The van der Waals surface area contributed by atoms with E-state index in [1.807, 2.05) is 0 Å². The maximum atomic E-state index is 15.0. The third kappa shape index (κ3) is 4.17. The summed E-state index contributed by atoms with van der Waals surface area (Å²) in [6.07, 6.45) is 0.901. The van der Waals surface area contributed by atoms with Crippen LogP contribution in [0.3, 0.4) is 0 Å². The fourth-order valence-corrected chi connectivity index (χ4v) is 6.16. The fraction of sp³-hybridized carbons (Fsp3) is 0.448. The van der Waals surface area contributed by atoms with Gasteiger partial charge in [-0.25, -0.2) is 4.39 Å². The highest BCUT2D eigenvalue weighted by atomic mass is 19.1. The number of alkyl halides is 2. The summed E-state index contributed by atoms with van der Waals surface area (Å²) < 4.78 is 27.8. The highest BCUT2D eigenvalue weighted by Crippen LogP contribution is 2.42. The normalized spacial score (nSPS) is 22.1. The number of halogens is 2. The zero-order valence-corrected chi connectivity index (χ0v) is 20.7. The van der Waals surface area contributed by atoms with Gasteiger partial charge in [-0.15, -0.1) is 0 Å². The minimum absolute atomic E-state index is 0.0420. The Hall–Kier alpha value is -2.70. The van der Waals surface area contributed by atoms with Gasteiger partial charge < -0.3 is 9.97 Å². The first-order chi connectivity index (χ1) is 16.8. The summed E-state index contributed by atoms with van der Waals surface area (Å²) in [5.41, 5.74) is 5.80. The van der Waals surface area contributed by atoms with Crippen molar-refractivity contribution in [3.05, 3.63) is 71.0 Å². The molecule has 2 aliphatic rings. The van der Waals surface area contributed by atoms with Crippen LogP contribution in [0.1, 0.15) is 49.3 Å². The van der Waals surface area contributed by atoms with Crippen LogP contribution in [0.5, 0.6) is 0 Å². The Balaban J connectivity index is 1.39. The molecule has 184 valence electrons. The predicted molar refractivity (Wildman–Crippen MR) is 138 cm³/mol. The summed E-state index contributed by atoms with van der Waals surface area (Å²) in [7, 11) is 0. The van der Waals surface area contributed by atoms with E-state index in [0.29, 0.717) is 6.54 Å². The number of benzene rings is 2. The van der Waals surface area contributed by atoms with Gasteiger partial charge in [0.05, 0.1) is 12.7 Å². The molecule has 0 radical (unpaired) electrons. The molecule has 0 aliphatic carbocycles. The monoisotopic (exact) mass is 476 g/mol. The number of nitrogens with zero attached hydrogens (tertiary/aromatic N) is 2. The number of nitrogens with one attached hydrogen (secondary N) is 2. The molecule has 2 aliphatic heterocycles. The van der Waals surface area contributed by atoms with E-state index in [9.17, 15) is 4.39 Å². The molecule has 2 atom stereocenters. The third-order valence-corrected chi connectivity index (χ3v) is 7.74. The average Bonchev–Trinajstić information content (AvgIpc) is 3.35. The number of fused-ring (bicyclic) bond motifs is 4. The van der Waals surface area contributed by atoms with Crippen LogP contribution < -0.4 is 0 Å². The van der Waals surface area contributed by atoms with Crippen LogP contribution in [0.4, 0.5) is 8.78 Å². The van der Waals surface area contributed by atoms with Crippen molar-refractivity contribution in [2.45, 2.75) is 51.5 Å². The smallest absolute Gasteiger partial charge is 0.118 e. The maximum Gasteiger partial charge on any atom is 0.118 e. The molecule has 0 spiro atoms. The van der Waals surface area contributed by atoms with Gasteiger partial charge in [0.2, 0.25) is 0 Å². The van der Waals surface area contributed by atoms with Crippen molar-refractivity contribution in [2.24, 2.45) is 5.92 Å². The van der Waals surface area contributed by atoms with Gasteiger partial charge in [-0.05, 0) is 62.6 Å². The van der Waals surface area contributed by atoms with Gasteiger partial charge in [0, 0.05) is 71.3 Å². The number of aromatic nitrogens is 2. The van der Waals surface area contributed by atoms with Crippen LogP contribution in [0.25, 0.3) is 21.8 Å². The molecule has 1 fully saturated rings. The molecule has 6 heteroatoms. The van der Waals surface area contributed by atoms with Crippen LogP contribution in [0.2, 0.25) is 0 Å². The van der Waals surface area contributed by atoms with E-state index < -0.39 is 5.67 Å². The van der Waals surface area contributed by atoms with Crippen molar-refractivity contribution in [1.82, 2.24) is 19.8 Å². The molecule has 35 heavy (non-hydrogen) atoms. The van der Waals surface area contributed by atoms with Crippen molar-refractivity contribution in [1.29, 1.82) is 0 Å². The average molecular weight is 477 g/mol. The molecule has 0 bridgehead atoms. The van der Waals surface area contributed by atoms with Gasteiger partial charge in [-0.3, -0.25) is 14.2 Å². The molecule has 2 N–H and O–H groups in total.